The Balaban J connectivity index is 2.75. The van der Waals surface area contributed by atoms with Gasteiger partial charge in [-0.2, -0.15) is 0 Å². The van der Waals surface area contributed by atoms with Crippen molar-refractivity contribution in [1.82, 2.24) is 0 Å². The molecule has 0 aromatic heterocycles. The molecule has 14 heavy (non-hydrogen) atoms. The molecule has 0 aliphatic heterocycles. The van der Waals surface area contributed by atoms with Crippen molar-refractivity contribution < 1.29 is 4.39 Å². The van der Waals surface area contributed by atoms with Crippen molar-refractivity contribution in [3.05, 3.63) is 34.3 Å². The van der Waals surface area contributed by atoms with Gasteiger partial charge in [-0.3, -0.25) is 0 Å². The van der Waals surface area contributed by atoms with Crippen molar-refractivity contribution in [1.29, 1.82) is 0 Å². The Morgan fingerprint density at radius 3 is 2.50 bits per heavy atom. The van der Waals surface area contributed by atoms with Gasteiger partial charge in [-0.05, 0) is 31.9 Å². The van der Waals surface area contributed by atoms with Gasteiger partial charge < -0.3 is 5.73 Å². The van der Waals surface area contributed by atoms with Gasteiger partial charge in [0.15, 0.2) is 0 Å². The Hall–Kier alpha value is -0.410. The maximum atomic E-state index is 13.5. The summed E-state index contributed by atoms with van der Waals surface area (Å²) < 4.78 is 14.4. The molecule has 1 rings (SSSR count). The van der Waals surface area contributed by atoms with Gasteiger partial charge in [-0.25, -0.2) is 4.39 Å². The molecule has 0 saturated carbocycles. The molecule has 2 N–H and O–H groups in total. The molecule has 0 fully saturated rings. The van der Waals surface area contributed by atoms with Crippen LogP contribution in [0.1, 0.15) is 19.4 Å². The SMILES string of the molecule is CC(C)(F)C(N)Cc1ccccc1Br. The first-order valence-corrected chi connectivity index (χ1v) is 5.38. The molecule has 0 spiro atoms. The second-order valence-electron chi connectivity index (χ2n) is 3.97. The summed E-state index contributed by atoms with van der Waals surface area (Å²) in [7, 11) is 0. The van der Waals surface area contributed by atoms with E-state index in [1.165, 1.54) is 13.8 Å². The van der Waals surface area contributed by atoms with Crippen LogP contribution in [0.2, 0.25) is 0 Å². The van der Waals surface area contributed by atoms with E-state index in [9.17, 15) is 4.39 Å². The van der Waals surface area contributed by atoms with E-state index in [1.807, 2.05) is 24.3 Å². The van der Waals surface area contributed by atoms with Gasteiger partial charge in [0.25, 0.3) is 0 Å². The number of alkyl halides is 1. The molecule has 0 aliphatic rings. The standard InChI is InChI=1S/C11H15BrFN/c1-11(2,13)10(14)7-8-5-3-4-6-9(8)12/h3-6,10H,7,14H2,1-2H3. The number of nitrogens with two attached hydrogens (primary N) is 1. The van der Waals surface area contributed by atoms with E-state index >= 15 is 0 Å². The van der Waals surface area contributed by atoms with Crippen LogP contribution in [-0.4, -0.2) is 11.7 Å². The van der Waals surface area contributed by atoms with Crippen molar-refractivity contribution in [3.8, 4) is 0 Å². The first-order valence-electron chi connectivity index (χ1n) is 4.59. The average molecular weight is 260 g/mol. The Labute approximate surface area is 92.6 Å². The van der Waals surface area contributed by atoms with E-state index in [1.54, 1.807) is 0 Å². The van der Waals surface area contributed by atoms with Crippen molar-refractivity contribution >= 4 is 15.9 Å². The predicted molar refractivity (Wildman–Crippen MR) is 61.0 cm³/mol. The van der Waals surface area contributed by atoms with E-state index in [4.69, 9.17) is 5.73 Å². The molecule has 1 aromatic carbocycles. The van der Waals surface area contributed by atoms with Crippen LogP contribution in [0, 0.1) is 0 Å². The van der Waals surface area contributed by atoms with Gasteiger partial charge in [-0.15, -0.1) is 0 Å². The monoisotopic (exact) mass is 259 g/mol. The topological polar surface area (TPSA) is 26.0 Å². The first kappa shape index (κ1) is 11.7. The van der Waals surface area contributed by atoms with E-state index in [-0.39, 0.29) is 0 Å². The highest BCUT2D eigenvalue weighted by molar-refractivity contribution is 9.10. The molecule has 1 unspecified atom stereocenters. The summed E-state index contributed by atoms with van der Waals surface area (Å²) >= 11 is 3.41. The molecule has 0 aliphatic carbocycles. The number of hydrogen-bond donors (Lipinski definition) is 1. The third-order valence-electron chi connectivity index (χ3n) is 2.28. The molecular formula is C11H15BrFN. The lowest BCUT2D eigenvalue weighted by atomic mass is 9.95. The van der Waals surface area contributed by atoms with Crippen LogP contribution in [0.4, 0.5) is 4.39 Å². The van der Waals surface area contributed by atoms with Crippen molar-refractivity contribution in [2.75, 3.05) is 0 Å². The second kappa shape index (κ2) is 4.41. The van der Waals surface area contributed by atoms with Crippen molar-refractivity contribution in [3.63, 3.8) is 0 Å². The maximum absolute atomic E-state index is 13.5. The second-order valence-corrected chi connectivity index (χ2v) is 4.82. The van der Waals surface area contributed by atoms with Gasteiger partial charge in [0.2, 0.25) is 0 Å². The molecule has 1 nitrogen and oxygen atoms in total. The lowest BCUT2D eigenvalue weighted by molar-refractivity contribution is 0.172. The normalized spacial score (nSPS) is 14.1. The molecule has 0 heterocycles. The summed E-state index contributed by atoms with van der Waals surface area (Å²) in [4.78, 5) is 0. The fraction of sp³-hybridized carbons (Fsp3) is 0.455. The van der Waals surface area contributed by atoms with Gasteiger partial charge in [0.1, 0.15) is 5.67 Å². The Kier molecular flexibility index (Phi) is 3.67. The third-order valence-corrected chi connectivity index (χ3v) is 3.05. The summed E-state index contributed by atoms with van der Waals surface area (Å²) in [5.41, 5.74) is 5.46. The summed E-state index contributed by atoms with van der Waals surface area (Å²) in [5, 5.41) is 0. The largest absolute Gasteiger partial charge is 0.325 e. The third kappa shape index (κ3) is 3.07. The summed E-state index contributed by atoms with van der Waals surface area (Å²) in [5.74, 6) is 0. The Bertz CT molecular complexity index is 306. The van der Waals surface area contributed by atoms with Crippen LogP contribution in [-0.2, 0) is 6.42 Å². The van der Waals surface area contributed by atoms with Crippen LogP contribution in [0.3, 0.4) is 0 Å². The number of rotatable bonds is 3. The van der Waals surface area contributed by atoms with E-state index in [0.717, 1.165) is 10.0 Å². The number of halogens is 2. The van der Waals surface area contributed by atoms with Gasteiger partial charge in [-0.1, -0.05) is 34.1 Å². The molecule has 1 aromatic rings. The zero-order valence-corrected chi connectivity index (χ0v) is 10.0. The maximum Gasteiger partial charge on any atom is 0.120 e. The van der Waals surface area contributed by atoms with E-state index in [0.29, 0.717) is 6.42 Å². The molecular weight excluding hydrogens is 245 g/mol. The number of benzene rings is 1. The average Bonchev–Trinajstić information content (AvgIpc) is 2.07. The highest BCUT2D eigenvalue weighted by atomic mass is 79.9. The van der Waals surface area contributed by atoms with Crippen LogP contribution in [0.5, 0.6) is 0 Å². The minimum absolute atomic E-state index is 0.471. The Morgan fingerprint density at radius 2 is 2.00 bits per heavy atom. The number of hydrogen-bond acceptors (Lipinski definition) is 1. The molecule has 0 radical (unpaired) electrons. The quantitative estimate of drug-likeness (QED) is 0.888. The molecule has 0 bridgehead atoms. The van der Waals surface area contributed by atoms with Crippen LogP contribution >= 0.6 is 15.9 Å². The minimum atomic E-state index is -1.34. The molecule has 0 amide bonds. The highest BCUT2D eigenvalue weighted by Gasteiger charge is 2.25. The lowest BCUT2D eigenvalue weighted by Crippen LogP contribution is -2.41. The fourth-order valence-corrected chi connectivity index (χ4v) is 1.59. The van der Waals surface area contributed by atoms with Gasteiger partial charge in [0, 0.05) is 10.5 Å². The predicted octanol–water partition coefficient (Wildman–Crippen LogP) is 3.07. The van der Waals surface area contributed by atoms with Crippen molar-refractivity contribution in [2.45, 2.75) is 32.0 Å². The zero-order valence-electron chi connectivity index (χ0n) is 8.43. The smallest absolute Gasteiger partial charge is 0.120 e. The molecule has 1 atom stereocenters. The highest BCUT2D eigenvalue weighted by Crippen LogP contribution is 2.21. The Morgan fingerprint density at radius 1 is 1.43 bits per heavy atom. The van der Waals surface area contributed by atoms with Crippen LogP contribution in [0.25, 0.3) is 0 Å². The van der Waals surface area contributed by atoms with Crippen molar-refractivity contribution in [2.24, 2.45) is 5.73 Å². The van der Waals surface area contributed by atoms with Crippen LogP contribution in [0.15, 0.2) is 28.7 Å². The summed E-state index contributed by atoms with van der Waals surface area (Å²) in [6.07, 6.45) is 0.547. The first-order chi connectivity index (χ1) is 6.41. The zero-order chi connectivity index (χ0) is 10.8. The fourth-order valence-electron chi connectivity index (χ4n) is 1.14. The van der Waals surface area contributed by atoms with Gasteiger partial charge in [0.05, 0.1) is 0 Å². The summed E-state index contributed by atoms with van der Waals surface area (Å²) in [6, 6.07) is 7.28. The van der Waals surface area contributed by atoms with E-state index in [2.05, 4.69) is 15.9 Å². The van der Waals surface area contributed by atoms with Gasteiger partial charge >= 0.3 is 0 Å². The molecule has 78 valence electrons. The molecule has 3 heteroatoms. The minimum Gasteiger partial charge on any atom is -0.325 e. The van der Waals surface area contributed by atoms with E-state index < -0.39 is 11.7 Å². The lowest BCUT2D eigenvalue weighted by Gasteiger charge is -2.23. The summed E-state index contributed by atoms with van der Waals surface area (Å²) in [6.45, 7) is 3.02. The van der Waals surface area contributed by atoms with Crippen LogP contribution < -0.4 is 5.73 Å². The molecule has 0 saturated heterocycles.